The summed E-state index contributed by atoms with van der Waals surface area (Å²) in [6.07, 6.45) is 0. The number of hydrogen-bond acceptors (Lipinski definition) is 5. The Morgan fingerprint density at radius 3 is 2.54 bits per heavy atom. The van der Waals surface area contributed by atoms with Crippen LogP contribution in [0.4, 0.5) is 4.39 Å². The Bertz CT molecular complexity index is 1010. The highest BCUT2D eigenvalue weighted by Crippen LogP contribution is 2.14. The Labute approximate surface area is 146 Å². The molecule has 0 aliphatic rings. The van der Waals surface area contributed by atoms with Crippen molar-refractivity contribution in [3.8, 4) is 5.75 Å². The van der Waals surface area contributed by atoms with Gasteiger partial charge in [0.25, 0.3) is 11.8 Å². The number of nitrogens with zero attached hydrogens (tertiary/aromatic N) is 1. The van der Waals surface area contributed by atoms with Crippen LogP contribution in [-0.4, -0.2) is 23.0 Å². The van der Waals surface area contributed by atoms with Crippen LogP contribution in [0.2, 0.25) is 0 Å². The van der Waals surface area contributed by atoms with Crippen LogP contribution in [0.1, 0.15) is 0 Å². The molecule has 8 nitrogen and oxygen atoms in total. The molecular weight excluding hydrogens is 345 g/mol. The molecule has 0 atom stereocenters. The summed E-state index contributed by atoms with van der Waals surface area (Å²) in [6.45, 7) is -0.833. The lowest BCUT2D eigenvalue weighted by Gasteiger charge is -2.09. The van der Waals surface area contributed by atoms with Gasteiger partial charge in [-0.3, -0.25) is 25.0 Å². The molecule has 0 spiro atoms. The van der Waals surface area contributed by atoms with E-state index in [1.54, 1.807) is 30.3 Å². The van der Waals surface area contributed by atoms with E-state index in [-0.39, 0.29) is 12.3 Å². The highest BCUT2D eigenvalue weighted by molar-refractivity contribution is 5.83. The molecule has 26 heavy (non-hydrogen) atoms. The number of oxazole rings is 1. The van der Waals surface area contributed by atoms with E-state index in [1.165, 1.54) is 18.2 Å². The first kappa shape index (κ1) is 17.2. The van der Waals surface area contributed by atoms with Crippen molar-refractivity contribution in [2.24, 2.45) is 0 Å². The summed E-state index contributed by atoms with van der Waals surface area (Å²) >= 11 is 0. The minimum Gasteiger partial charge on any atom is -0.481 e. The fourth-order valence-corrected chi connectivity index (χ4v) is 2.23. The van der Waals surface area contributed by atoms with Crippen molar-refractivity contribution in [1.82, 2.24) is 15.4 Å². The average molecular weight is 359 g/mol. The smallest absolute Gasteiger partial charge is 0.420 e. The number of rotatable bonds is 5. The lowest BCUT2D eigenvalue weighted by molar-refractivity contribution is -0.130. The SMILES string of the molecule is O=C(COc1ccccc1F)NNC(=O)Cn1c(=O)oc2ccccc21. The topological polar surface area (TPSA) is 103 Å². The number of nitrogens with one attached hydrogen (secondary N) is 2. The number of amides is 2. The van der Waals surface area contributed by atoms with Gasteiger partial charge in [-0.1, -0.05) is 24.3 Å². The first-order chi connectivity index (χ1) is 12.5. The molecular formula is C17H14FN3O5. The molecule has 0 bridgehead atoms. The zero-order chi connectivity index (χ0) is 18.5. The van der Waals surface area contributed by atoms with Gasteiger partial charge < -0.3 is 9.15 Å². The number of para-hydroxylation sites is 3. The van der Waals surface area contributed by atoms with Gasteiger partial charge in [0, 0.05) is 0 Å². The molecule has 3 aromatic rings. The third kappa shape index (κ3) is 3.89. The van der Waals surface area contributed by atoms with E-state index in [1.807, 2.05) is 0 Å². The van der Waals surface area contributed by atoms with Crippen LogP contribution in [0.5, 0.6) is 5.75 Å². The van der Waals surface area contributed by atoms with Crippen molar-refractivity contribution in [3.05, 3.63) is 64.9 Å². The van der Waals surface area contributed by atoms with E-state index < -0.39 is 30.0 Å². The Morgan fingerprint density at radius 1 is 1.04 bits per heavy atom. The van der Waals surface area contributed by atoms with Gasteiger partial charge in [-0.25, -0.2) is 9.18 Å². The number of carbonyl (C=O) groups is 2. The van der Waals surface area contributed by atoms with Crippen molar-refractivity contribution in [3.63, 3.8) is 0 Å². The minimum atomic E-state index is -0.689. The molecule has 134 valence electrons. The van der Waals surface area contributed by atoms with Gasteiger partial charge >= 0.3 is 5.76 Å². The highest BCUT2D eigenvalue weighted by atomic mass is 19.1. The summed E-state index contributed by atoms with van der Waals surface area (Å²) in [6, 6.07) is 12.3. The molecule has 9 heteroatoms. The number of fused-ring (bicyclic) bond motifs is 1. The standard InChI is InChI=1S/C17H14FN3O5/c18-11-5-1-3-7-13(11)25-10-16(23)20-19-15(22)9-21-12-6-2-4-8-14(12)26-17(21)24/h1-8H,9-10H2,(H,19,22)(H,20,23). The summed E-state index contributed by atoms with van der Waals surface area (Å²) in [7, 11) is 0. The van der Waals surface area contributed by atoms with Crippen molar-refractivity contribution < 1.29 is 23.1 Å². The van der Waals surface area contributed by atoms with E-state index in [4.69, 9.17) is 9.15 Å². The molecule has 0 saturated carbocycles. The van der Waals surface area contributed by atoms with Gasteiger partial charge in [-0.05, 0) is 24.3 Å². The molecule has 0 aliphatic heterocycles. The lowest BCUT2D eigenvalue weighted by atomic mass is 10.3. The van der Waals surface area contributed by atoms with Crippen LogP contribution in [0.3, 0.4) is 0 Å². The minimum absolute atomic E-state index is 0.0783. The van der Waals surface area contributed by atoms with Crippen LogP contribution in [0, 0.1) is 5.82 Å². The predicted molar refractivity (Wildman–Crippen MR) is 88.7 cm³/mol. The van der Waals surface area contributed by atoms with Gasteiger partial charge in [0.2, 0.25) is 0 Å². The molecule has 0 aliphatic carbocycles. The molecule has 1 aromatic heterocycles. The van der Waals surface area contributed by atoms with Crippen LogP contribution >= 0.6 is 0 Å². The van der Waals surface area contributed by atoms with Gasteiger partial charge in [0.05, 0.1) is 5.52 Å². The van der Waals surface area contributed by atoms with Crippen LogP contribution in [-0.2, 0) is 16.1 Å². The molecule has 2 aromatic carbocycles. The Hall–Kier alpha value is -3.62. The van der Waals surface area contributed by atoms with Crippen LogP contribution in [0.15, 0.2) is 57.7 Å². The van der Waals surface area contributed by atoms with Gasteiger partial charge in [-0.15, -0.1) is 0 Å². The van der Waals surface area contributed by atoms with Gasteiger partial charge in [0.15, 0.2) is 23.8 Å². The van der Waals surface area contributed by atoms with E-state index in [2.05, 4.69) is 10.9 Å². The summed E-state index contributed by atoms with van der Waals surface area (Å²) in [5, 5.41) is 0. The number of halogens is 1. The number of aromatic nitrogens is 1. The normalized spacial score (nSPS) is 10.5. The number of ether oxygens (including phenoxy) is 1. The molecule has 2 amide bonds. The van der Waals surface area contributed by atoms with E-state index >= 15 is 0 Å². The molecule has 0 unspecified atom stereocenters. The third-order valence-corrected chi connectivity index (χ3v) is 3.41. The summed E-state index contributed by atoms with van der Waals surface area (Å²) < 4.78 is 24.5. The molecule has 0 saturated heterocycles. The number of hydrazine groups is 1. The number of carbonyl (C=O) groups excluding carboxylic acids is 2. The summed E-state index contributed by atoms with van der Waals surface area (Å²) in [4.78, 5) is 35.3. The van der Waals surface area contributed by atoms with Crippen molar-refractivity contribution in [2.75, 3.05) is 6.61 Å². The highest BCUT2D eigenvalue weighted by Gasteiger charge is 2.13. The second kappa shape index (κ2) is 7.51. The zero-order valence-corrected chi connectivity index (χ0v) is 13.4. The van der Waals surface area contributed by atoms with Crippen molar-refractivity contribution >= 4 is 22.9 Å². The molecule has 3 rings (SSSR count). The first-order valence-corrected chi connectivity index (χ1v) is 7.58. The van der Waals surface area contributed by atoms with Crippen LogP contribution < -0.4 is 21.3 Å². The Morgan fingerprint density at radius 2 is 1.73 bits per heavy atom. The fourth-order valence-electron chi connectivity index (χ4n) is 2.23. The lowest BCUT2D eigenvalue weighted by Crippen LogP contribution is -2.45. The Balaban J connectivity index is 1.52. The molecule has 0 fully saturated rings. The van der Waals surface area contributed by atoms with Gasteiger partial charge in [-0.2, -0.15) is 0 Å². The average Bonchev–Trinajstić information content (AvgIpc) is 2.95. The Kier molecular flexibility index (Phi) is 4.97. The maximum atomic E-state index is 13.4. The van der Waals surface area contributed by atoms with Crippen molar-refractivity contribution in [2.45, 2.75) is 6.54 Å². The number of benzene rings is 2. The maximum Gasteiger partial charge on any atom is 0.420 e. The van der Waals surface area contributed by atoms with Gasteiger partial charge in [0.1, 0.15) is 6.54 Å². The predicted octanol–water partition coefficient (Wildman–Crippen LogP) is 0.960. The monoisotopic (exact) mass is 359 g/mol. The zero-order valence-electron chi connectivity index (χ0n) is 13.4. The largest absolute Gasteiger partial charge is 0.481 e. The second-order valence-corrected chi connectivity index (χ2v) is 5.24. The van der Waals surface area contributed by atoms with Crippen molar-refractivity contribution in [1.29, 1.82) is 0 Å². The van der Waals surface area contributed by atoms with E-state index in [9.17, 15) is 18.8 Å². The van der Waals surface area contributed by atoms with Crippen LogP contribution in [0.25, 0.3) is 11.1 Å². The van der Waals surface area contributed by atoms with E-state index in [0.717, 1.165) is 4.57 Å². The molecule has 2 N–H and O–H groups in total. The maximum absolute atomic E-state index is 13.4. The summed E-state index contributed by atoms with van der Waals surface area (Å²) in [5.41, 5.74) is 5.08. The quantitative estimate of drug-likeness (QED) is 0.661. The molecule has 0 radical (unpaired) electrons. The second-order valence-electron chi connectivity index (χ2n) is 5.24. The summed E-state index contributed by atoms with van der Waals surface area (Å²) in [5.74, 6) is -2.69. The van der Waals surface area contributed by atoms with E-state index in [0.29, 0.717) is 11.1 Å². The molecule has 1 heterocycles. The fraction of sp³-hybridized carbons (Fsp3) is 0.118. The third-order valence-electron chi connectivity index (χ3n) is 3.41. The number of hydrogen-bond donors (Lipinski definition) is 2. The first-order valence-electron chi connectivity index (χ1n) is 7.58.